The summed E-state index contributed by atoms with van der Waals surface area (Å²) in [6.07, 6.45) is -1.46. The van der Waals surface area contributed by atoms with Crippen LogP contribution in [0.2, 0.25) is 10.0 Å². The molecule has 0 fully saturated rings. The molecule has 7 rings (SSSR count). The van der Waals surface area contributed by atoms with Crippen molar-refractivity contribution in [3.8, 4) is 0 Å². The number of rotatable bonds is 23. The van der Waals surface area contributed by atoms with Crippen LogP contribution in [0.4, 0.5) is 13.2 Å². The number of methoxy groups -OCH3 is 1. The van der Waals surface area contributed by atoms with Gasteiger partial charge in [0.05, 0.1) is 32.1 Å². The Hall–Kier alpha value is -4.62. The first-order chi connectivity index (χ1) is 35.3. The number of aliphatic hydroxyl groups is 1. The van der Waals surface area contributed by atoms with Gasteiger partial charge in [0.1, 0.15) is 23.8 Å². The minimum Gasteiger partial charge on any atom is -0.388 e. The van der Waals surface area contributed by atoms with Crippen LogP contribution >= 0.6 is 50.2 Å². The number of aliphatic hydroxyl groups excluding tert-OH is 1. The molecule has 0 radical (unpaired) electrons. The monoisotopic (exact) mass is 1140 g/mol. The van der Waals surface area contributed by atoms with Crippen molar-refractivity contribution >= 4 is 60.3 Å². The number of nitrogens with zero attached hydrogens (tertiary/aromatic N) is 2. The molecule has 74 heavy (non-hydrogen) atoms. The zero-order valence-corrected chi connectivity index (χ0v) is 45.4. The molecule has 0 atom stereocenters. The molecule has 6 aromatic carbocycles. The first-order valence-corrected chi connectivity index (χ1v) is 29.0. The van der Waals surface area contributed by atoms with Gasteiger partial charge < -0.3 is 32.5 Å². The van der Waals surface area contributed by atoms with E-state index in [0.29, 0.717) is 33.5 Å². The molecule has 0 amide bonds. The van der Waals surface area contributed by atoms with Crippen molar-refractivity contribution in [2.45, 2.75) is 74.8 Å². The van der Waals surface area contributed by atoms with Gasteiger partial charge in [0, 0.05) is 28.6 Å². The van der Waals surface area contributed by atoms with Crippen LogP contribution in [-0.4, -0.2) is 48.4 Å². The Morgan fingerprint density at radius 1 is 0.622 bits per heavy atom. The van der Waals surface area contributed by atoms with Gasteiger partial charge in [-0.1, -0.05) is 200 Å². The van der Waals surface area contributed by atoms with Crippen LogP contribution in [0.1, 0.15) is 59.1 Å². The van der Waals surface area contributed by atoms with Crippen LogP contribution in [0, 0.1) is 0 Å². The minimum atomic E-state index is -5.93. The van der Waals surface area contributed by atoms with E-state index < -0.39 is 37.2 Å². The van der Waals surface area contributed by atoms with E-state index >= 15 is 0 Å². The molecule has 22 heteroatoms. The van der Waals surface area contributed by atoms with Crippen molar-refractivity contribution in [1.82, 2.24) is 9.55 Å². The van der Waals surface area contributed by atoms with Crippen LogP contribution < -0.4 is 0 Å². The van der Waals surface area contributed by atoms with E-state index in [9.17, 15) is 35.8 Å². The second-order valence-corrected chi connectivity index (χ2v) is 23.7. The predicted molar refractivity (Wildman–Crippen MR) is 281 cm³/mol. The first kappa shape index (κ1) is 60.2. The third kappa shape index (κ3) is 20.2. The van der Waals surface area contributed by atoms with Gasteiger partial charge in [-0.25, -0.2) is 4.98 Å². The number of halogens is 5. The van der Waals surface area contributed by atoms with Crippen LogP contribution in [0.15, 0.2) is 180 Å². The van der Waals surface area contributed by atoms with Crippen LogP contribution in [0.3, 0.4) is 0 Å². The lowest BCUT2D eigenvalue weighted by Gasteiger charge is -2.19. The summed E-state index contributed by atoms with van der Waals surface area (Å²) in [5.41, 5.74) is -0.503. The molecule has 1 N–H and O–H groups in total. The molecule has 0 aliphatic rings. The molecular weight excluding hydrogens is 1080 g/mol. The largest absolute Gasteiger partial charge is 0.523 e. The third-order valence-electron chi connectivity index (χ3n) is 9.97. The van der Waals surface area contributed by atoms with Gasteiger partial charge in [-0.3, -0.25) is 13.3 Å². The van der Waals surface area contributed by atoms with Gasteiger partial charge in [0.15, 0.2) is 6.35 Å². The number of benzene rings is 6. The number of hydrogen-bond acceptors (Lipinski definition) is 13. The Bertz CT molecular complexity index is 2870. The Morgan fingerprint density at radius 2 is 0.986 bits per heavy atom. The van der Waals surface area contributed by atoms with E-state index in [0.717, 1.165) is 32.3 Å². The van der Waals surface area contributed by atoms with Gasteiger partial charge in [-0.2, -0.15) is 21.6 Å². The standard InChI is InChI=1S/C20H20Cl2N2OS.C16H16F3O6PS.C16H19O4P/c1-13(2)19-20(26-17-9-15(21)8-16(22)10-17)24(18(12-25)23-19)11-14-6-4-3-5-7-14;17-16(18,19)27(21,22)25-13-26(20,23-11-14-7-3-1-4-8-14)24-12-15-9-5-2-6-10-15;1-18-14-21(17,19-12-15-8-4-2-5-9-15)20-13-16-10-6-3-7-11-16/h3-10,13,25H,11-12H2,1-2H3;1-10H,11-13H2;2-11H,12-14H2,1H3. The zero-order chi connectivity index (χ0) is 53.6. The molecule has 0 bridgehead atoms. The number of hydrogen-bond donors (Lipinski definition) is 1. The third-order valence-corrected chi connectivity index (χ3v) is 15.8. The topological polar surface area (TPSA) is 162 Å². The second-order valence-electron chi connectivity index (χ2n) is 16.1. The van der Waals surface area contributed by atoms with Gasteiger partial charge in [0.25, 0.3) is 0 Å². The predicted octanol–water partition coefficient (Wildman–Crippen LogP) is 14.7. The Labute approximate surface area is 444 Å². The highest BCUT2D eigenvalue weighted by atomic mass is 35.5. The SMILES string of the molecule is CC(C)c1nc(CO)n(Cc2ccccc2)c1Sc1cc(Cl)cc(Cl)c1.COCP(=O)(OCc1ccccc1)OCc1ccccc1.O=P(COS(=O)(=O)C(F)(F)F)(OCc1ccccc1)OCc1ccccc1. The summed E-state index contributed by atoms with van der Waals surface area (Å²) in [5.74, 6) is 0.891. The maximum atomic E-state index is 12.7. The van der Waals surface area contributed by atoms with Crippen LogP contribution in [0.5, 0.6) is 0 Å². The van der Waals surface area contributed by atoms with E-state index in [1.54, 1.807) is 78.5 Å². The lowest BCUT2D eigenvalue weighted by Crippen LogP contribution is -2.26. The molecule has 0 unspecified atom stereocenters. The fourth-order valence-electron chi connectivity index (χ4n) is 6.31. The Kier molecular flexibility index (Phi) is 24.1. The number of imidazole rings is 1. The van der Waals surface area contributed by atoms with Crippen LogP contribution in [-0.2, 0) is 85.8 Å². The molecule has 396 valence electrons. The van der Waals surface area contributed by atoms with Gasteiger partial charge in [0.2, 0.25) is 0 Å². The fraction of sp³-hybridized carbons (Fsp3) is 0.250. The molecular formula is C52H55Cl2F3N2O11P2S2. The van der Waals surface area contributed by atoms with Gasteiger partial charge in [-0.15, -0.1) is 0 Å². The van der Waals surface area contributed by atoms with Gasteiger partial charge in [-0.05, 0) is 51.9 Å². The first-order valence-electron chi connectivity index (χ1n) is 22.6. The van der Waals surface area contributed by atoms with E-state index in [1.807, 2.05) is 91.0 Å². The van der Waals surface area contributed by atoms with Crippen molar-refractivity contribution < 1.29 is 62.8 Å². The second kappa shape index (κ2) is 29.6. The highest BCUT2D eigenvalue weighted by molar-refractivity contribution is 7.99. The van der Waals surface area contributed by atoms with Crippen molar-refractivity contribution in [2.75, 3.05) is 19.8 Å². The summed E-state index contributed by atoms with van der Waals surface area (Å²) >= 11 is 13.9. The molecule has 0 aliphatic heterocycles. The maximum Gasteiger partial charge on any atom is 0.523 e. The maximum absolute atomic E-state index is 12.7. The van der Waals surface area contributed by atoms with Crippen LogP contribution in [0.25, 0.3) is 0 Å². The van der Waals surface area contributed by atoms with E-state index in [2.05, 4.69) is 34.7 Å². The zero-order valence-electron chi connectivity index (χ0n) is 40.4. The van der Waals surface area contributed by atoms with Crippen molar-refractivity contribution in [1.29, 1.82) is 0 Å². The summed E-state index contributed by atoms with van der Waals surface area (Å²) in [4.78, 5) is 5.64. The van der Waals surface area contributed by atoms with Crippen molar-refractivity contribution in [2.24, 2.45) is 0 Å². The summed E-state index contributed by atoms with van der Waals surface area (Å²) in [6.45, 7) is 4.68. The molecule has 0 saturated heterocycles. The fourth-order valence-corrected chi connectivity index (χ4v) is 11.6. The lowest BCUT2D eigenvalue weighted by atomic mass is 10.1. The molecule has 7 aromatic rings. The summed E-state index contributed by atoms with van der Waals surface area (Å²) in [7, 11) is -12.0. The van der Waals surface area contributed by atoms with Crippen molar-refractivity contribution in [3.63, 3.8) is 0 Å². The van der Waals surface area contributed by atoms with Gasteiger partial charge >= 0.3 is 30.8 Å². The average molecular weight is 1140 g/mol. The van der Waals surface area contributed by atoms with E-state index in [-0.39, 0.29) is 45.3 Å². The highest BCUT2D eigenvalue weighted by Gasteiger charge is 2.48. The number of alkyl halides is 3. The quantitative estimate of drug-likeness (QED) is 0.0366. The molecule has 13 nitrogen and oxygen atoms in total. The molecule has 0 saturated carbocycles. The number of ether oxygens (including phenoxy) is 1. The normalized spacial score (nSPS) is 11.9. The van der Waals surface area contributed by atoms with Crippen molar-refractivity contribution in [3.05, 3.63) is 219 Å². The molecule has 1 aromatic heterocycles. The summed E-state index contributed by atoms with van der Waals surface area (Å²) in [6, 6.07) is 51.5. The summed E-state index contributed by atoms with van der Waals surface area (Å²) < 4.78 is 117. The van der Waals surface area contributed by atoms with E-state index in [1.165, 1.54) is 7.11 Å². The molecule has 0 spiro atoms. The molecule has 1 heterocycles. The number of aromatic nitrogens is 2. The minimum absolute atomic E-state index is 0.0628. The van der Waals surface area contributed by atoms with E-state index in [4.69, 9.17) is 51.0 Å². The lowest BCUT2D eigenvalue weighted by molar-refractivity contribution is -0.0534. The Morgan fingerprint density at radius 3 is 1.32 bits per heavy atom. The molecule has 0 aliphatic carbocycles. The summed E-state index contributed by atoms with van der Waals surface area (Å²) in [5, 5.41) is 12.0. The average Bonchev–Trinajstić information content (AvgIpc) is 3.73. The Balaban J connectivity index is 0.000000207. The highest BCUT2D eigenvalue weighted by Crippen LogP contribution is 2.51. The smallest absolute Gasteiger partial charge is 0.388 e.